The fourth-order valence-corrected chi connectivity index (χ4v) is 3.93. The number of hydrogen-bond acceptors (Lipinski definition) is 4. The largest absolute Gasteiger partial charge is 0.328 e. The smallest absolute Gasteiger partial charge is 0.255 e. The van der Waals surface area contributed by atoms with Crippen LogP contribution in [0, 0.1) is 0 Å². The molecule has 1 aliphatic rings. The van der Waals surface area contributed by atoms with Gasteiger partial charge in [0.2, 0.25) is 0 Å². The Bertz CT molecular complexity index is 1270. The number of nitrogens with zero attached hydrogens (tertiary/aromatic N) is 4. The lowest BCUT2D eigenvalue weighted by molar-refractivity contribution is 0.0752. The van der Waals surface area contributed by atoms with E-state index in [9.17, 15) is 4.79 Å². The standard InChI is InChI=1S/C24H19ClN4O/c1-2-23-26-12-16-13-29(14-22(16)28-23)24(30)19-11-21(15-7-9-17(25)10-8-15)27-20-6-4-3-5-18(19)20/h3-12H,2,13-14H2,1H3. The highest BCUT2D eigenvalue weighted by Gasteiger charge is 2.27. The van der Waals surface area contributed by atoms with Gasteiger partial charge in [0.1, 0.15) is 5.82 Å². The normalized spacial score (nSPS) is 12.9. The van der Waals surface area contributed by atoms with Crippen molar-refractivity contribution in [2.45, 2.75) is 26.4 Å². The molecule has 5 nitrogen and oxygen atoms in total. The van der Waals surface area contributed by atoms with E-state index in [2.05, 4.69) is 9.97 Å². The van der Waals surface area contributed by atoms with E-state index in [1.807, 2.05) is 72.6 Å². The second-order valence-electron chi connectivity index (χ2n) is 7.35. The number of para-hydroxylation sites is 1. The van der Waals surface area contributed by atoms with Gasteiger partial charge in [-0.2, -0.15) is 0 Å². The Morgan fingerprint density at radius 2 is 1.87 bits per heavy atom. The van der Waals surface area contributed by atoms with Crippen LogP contribution in [0.3, 0.4) is 0 Å². The van der Waals surface area contributed by atoms with Crippen LogP contribution in [0.1, 0.15) is 34.4 Å². The first kappa shape index (κ1) is 18.7. The van der Waals surface area contributed by atoms with Gasteiger partial charge in [-0.1, -0.05) is 48.9 Å². The molecule has 1 amide bonds. The number of fused-ring (bicyclic) bond motifs is 2. The molecule has 0 radical (unpaired) electrons. The number of aryl methyl sites for hydroxylation is 1. The zero-order chi connectivity index (χ0) is 20.7. The zero-order valence-electron chi connectivity index (χ0n) is 16.5. The predicted octanol–water partition coefficient (Wildman–Crippen LogP) is 5.06. The summed E-state index contributed by atoms with van der Waals surface area (Å²) in [5, 5.41) is 1.51. The number of carbonyl (C=O) groups excluding carboxylic acids is 1. The Morgan fingerprint density at radius 1 is 1.07 bits per heavy atom. The number of halogens is 1. The summed E-state index contributed by atoms with van der Waals surface area (Å²) < 4.78 is 0. The third-order valence-corrected chi connectivity index (χ3v) is 5.65. The molecular formula is C24H19ClN4O. The summed E-state index contributed by atoms with van der Waals surface area (Å²) in [4.78, 5) is 29.1. The lowest BCUT2D eigenvalue weighted by Crippen LogP contribution is -2.25. The van der Waals surface area contributed by atoms with Crippen molar-refractivity contribution in [2.75, 3.05) is 0 Å². The maximum Gasteiger partial charge on any atom is 0.255 e. The topological polar surface area (TPSA) is 59.0 Å². The van der Waals surface area contributed by atoms with E-state index in [4.69, 9.17) is 16.6 Å². The highest BCUT2D eigenvalue weighted by atomic mass is 35.5. The number of amides is 1. The molecular weight excluding hydrogens is 396 g/mol. The van der Waals surface area contributed by atoms with Crippen LogP contribution in [-0.2, 0) is 19.5 Å². The molecule has 2 aromatic heterocycles. The average molecular weight is 415 g/mol. The first-order valence-corrected chi connectivity index (χ1v) is 10.3. The Hall–Kier alpha value is -3.31. The van der Waals surface area contributed by atoms with E-state index in [1.54, 1.807) is 0 Å². The Morgan fingerprint density at radius 3 is 2.67 bits per heavy atom. The Kier molecular flexibility index (Phi) is 4.68. The number of rotatable bonds is 3. The molecule has 1 aliphatic heterocycles. The summed E-state index contributed by atoms with van der Waals surface area (Å²) in [6.45, 7) is 3.04. The zero-order valence-corrected chi connectivity index (χ0v) is 17.2. The summed E-state index contributed by atoms with van der Waals surface area (Å²) >= 11 is 6.04. The molecule has 30 heavy (non-hydrogen) atoms. The molecule has 0 fully saturated rings. The first-order valence-electron chi connectivity index (χ1n) is 9.91. The van der Waals surface area contributed by atoms with Gasteiger partial charge in [-0.05, 0) is 24.3 Å². The molecule has 4 aromatic rings. The van der Waals surface area contributed by atoms with Gasteiger partial charge in [0, 0.05) is 40.7 Å². The van der Waals surface area contributed by atoms with Crippen molar-refractivity contribution in [3.8, 4) is 11.3 Å². The SMILES string of the molecule is CCc1ncc2c(n1)CN(C(=O)c1cc(-c3ccc(Cl)cc3)nc3ccccc13)C2. The molecule has 0 unspecified atom stereocenters. The van der Waals surface area contributed by atoms with Crippen molar-refractivity contribution in [1.82, 2.24) is 19.9 Å². The van der Waals surface area contributed by atoms with Gasteiger partial charge in [0.15, 0.2) is 0 Å². The van der Waals surface area contributed by atoms with Crippen molar-refractivity contribution >= 4 is 28.4 Å². The molecule has 0 atom stereocenters. The molecule has 0 spiro atoms. The number of carbonyl (C=O) groups is 1. The van der Waals surface area contributed by atoms with Gasteiger partial charge in [-0.3, -0.25) is 4.79 Å². The third kappa shape index (κ3) is 3.31. The van der Waals surface area contributed by atoms with Gasteiger partial charge in [0.25, 0.3) is 5.91 Å². The van der Waals surface area contributed by atoms with Crippen LogP contribution >= 0.6 is 11.6 Å². The van der Waals surface area contributed by atoms with Gasteiger partial charge < -0.3 is 4.90 Å². The van der Waals surface area contributed by atoms with Crippen LogP contribution in [0.25, 0.3) is 22.2 Å². The third-order valence-electron chi connectivity index (χ3n) is 5.40. The van der Waals surface area contributed by atoms with Crippen LogP contribution in [-0.4, -0.2) is 25.8 Å². The average Bonchev–Trinajstić information content (AvgIpc) is 3.21. The van der Waals surface area contributed by atoms with Crippen LogP contribution in [0.4, 0.5) is 0 Å². The molecule has 0 saturated heterocycles. The first-order chi connectivity index (χ1) is 14.6. The summed E-state index contributed by atoms with van der Waals surface area (Å²) in [5.74, 6) is 0.780. The van der Waals surface area contributed by atoms with Gasteiger partial charge in [0.05, 0.1) is 29.0 Å². The van der Waals surface area contributed by atoms with E-state index in [0.29, 0.717) is 23.7 Å². The molecule has 148 valence electrons. The molecule has 0 N–H and O–H groups in total. The Labute approximate surface area is 179 Å². The van der Waals surface area contributed by atoms with E-state index in [0.717, 1.165) is 45.7 Å². The summed E-state index contributed by atoms with van der Waals surface area (Å²) in [6.07, 6.45) is 2.62. The number of hydrogen-bond donors (Lipinski definition) is 0. The number of benzene rings is 2. The molecule has 0 saturated carbocycles. The van der Waals surface area contributed by atoms with Crippen LogP contribution in [0.2, 0.25) is 5.02 Å². The van der Waals surface area contributed by atoms with Crippen molar-refractivity contribution in [3.63, 3.8) is 0 Å². The van der Waals surface area contributed by atoms with Gasteiger partial charge in [-0.15, -0.1) is 0 Å². The van der Waals surface area contributed by atoms with E-state index >= 15 is 0 Å². The minimum atomic E-state index is -0.0279. The summed E-state index contributed by atoms with van der Waals surface area (Å²) in [6, 6.07) is 17.1. The number of pyridine rings is 1. The lowest BCUT2D eigenvalue weighted by atomic mass is 10.0. The molecule has 2 aromatic carbocycles. The van der Waals surface area contributed by atoms with Crippen LogP contribution in [0.15, 0.2) is 60.8 Å². The number of aromatic nitrogens is 3. The van der Waals surface area contributed by atoms with Gasteiger partial charge in [-0.25, -0.2) is 15.0 Å². The quantitative estimate of drug-likeness (QED) is 0.470. The maximum atomic E-state index is 13.6. The summed E-state index contributed by atoms with van der Waals surface area (Å²) in [5.41, 5.74) is 5.05. The van der Waals surface area contributed by atoms with Crippen LogP contribution < -0.4 is 0 Å². The highest BCUT2D eigenvalue weighted by molar-refractivity contribution is 6.30. The Balaban J connectivity index is 1.56. The highest BCUT2D eigenvalue weighted by Crippen LogP contribution is 2.29. The minimum absolute atomic E-state index is 0.0279. The second-order valence-corrected chi connectivity index (χ2v) is 7.79. The molecule has 3 heterocycles. The lowest BCUT2D eigenvalue weighted by Gasteiger charge is -2.17. The molecule has 0 aliphatic carbocycles. The summed E-state index contributed by atoms with van der Waals surface area (Å²) in [7, 11) is 0. The minimum Gasteiger partial charge on any atom is -0.328 e. The monoisotopic (exact) mass is 414 g/mol. The van der Waals surface area contributed by atoms with Crippen molar-refractivity contribution < 1.29 is 4.79 Å². The predicted molar refractivity (Wildman–Crippen MR) is 117 cm³/mol. The van der Waals surface area contributed by atoms with E-state index in [1.165, 1.54) is 0 Å². The molecule has 6 heteroatoms. The van der Waals surface area contributed by atoms with Gasteiger partial charge >= 0.3 is 0 Å². The maximum absolute atomic E-state index is 13.6. The van der Waals surface area contributed by atoms with E-state index < -0.39 is 0 Å². The van der Waals surface area contributed by atoms with Crippen molar-refractivity contribution in [1.29, 1.82) is 0 Å². The van der Waals surface area contributed by atoms with Crippen molar-refractivity contribution in [2.24, 2.45) is 0 Å². The van der Waals surface area contributed by atoms with E-state index in [-0.39, 0.29) is 5.91 Å². The van der Waals surface area contributed by atoms with Crippen LogP contribution in [0.5, 0.6) is 0 Å². The fraction of sp³-hybridized carbons (Fsp3) is 0.167. The van der Waals surface area contributed by atoms with Crippen molar-refractivity contribution in [3.05, 3.63) is 88.5 Å². The fourth-order valence-electron chi connectivity index (χ4n) is 3.80. The second kappa shape index (κ2) is 7.50. The molecule has 5 rings (SSSR count). The molecule has 0 bridgehead atoms.